The molecule has 0 saturated carbocycles. The summed E-state index contributed by atoms with van der Waals surface area (Å²) in [5.74, 6) is 0.476. The lowest BCUT2D eigenvalue weighted by molar-refractivity contribution is 0.321. The highest BCUT2D eigenvalue weighted by Gasteiger charge is 2.11. The first-order valence-electron chi connectivity index (χ1n) is 3.89. The minimum atomic E-state index is 0. The summed E-state index contributed by atoms with van der Waals surface area (Å²) < 4.78 is 0. The number of hydrogen-bond donors (Lipinski definition) is 4. The summed E-state index contributed by atoms with van der Waals surface area (Å²) in [6.07, 6.45) is 1.21. The molecule has 0 unspecified atom stereocenters. The van der Waals surface area contributed by atoms with Crippen molar-refractivity contribution in [3.63, 3.8) is 0 Å². The molecule has 0 aromatic carbocycles. The summed E-state index contributed by atoms with van der Waals surface area (Å²) in [4.78, 5) is 5.98. The van der Waals surface area contributed by atoms with E-state index in [9.17, 15) is 0 Å². The number of hydrogen-bond acceptors (Lipinski definition) is 5. The number of piperazine rings is 1. The summed E-state index contributed by atoms with van der Waals surface area (Å²) in [5, 5.41) is 3.18. The summed E-state index contributed by atoms with van der Waals surface area (Å²) in [7, 11) is 2.04. The van der Waals surface area contributed by atoms with Crippen molar-refractivity contribution in [1.82, 2.24) is 16.4 Å². The van der Waals surface area contributed by atoms with E-state index in [1.165, 1.54) is 6.34 Å². The highest BCUT2D eigenvalue weighted by Crippen LogP contribution is 2.02. The summed E-state index contributed by atoms with van der Waals surface area (Å²) in [6.45, 7) is 2.75. The van der Waals surface area contributed by atoms with Gasteiger partial charge in [0.05, 0.1) is 12.0 Å². The van der Waals surface area contributed by atoms with Gasteiger partial charge in [-0.3, -0.25) is 4.90 Å². The van der Waals surface area contributed by atoms with E-state index in [2.05, 4.69) is 15.2 Å². The second-order valence-corrected chi connectivity index (χ2v) is 2.81. The molecule has 0 radical (unpaired) electrons. The number of likely N-dealkylation sites (N-methyl/N-ethyl adjacent to an activating group) is 1. The Kier molecular flexibility index (Phi) is 4.86. The topological polar surface area (TPSA) is 115 Å². The third-order valence-electron chi connectivity index (χ3n) is 1.78. The van der Waals surface area contributed by atoms with Crippen LogP contribution in [0.4, 0.5) is 0 Å². The number of aliphatic imine (C=N–C) groups is 1. The van der Waals surface area contributed by atoms with Gasteiger partial charge in [-0.15, -0.1) is 0 Å². The molecule has 0 aromatic rings. The van der Waals surface area contributed by atoms with Crippen LogP contribution < -0.4 is 22.9 Å². The minimum Gasteiger partial charge on any atom is -0.390 e. The smallest absolute Gasteiger partial charge is 0.145 e. The van der Waals surface area contributed by atoms with E-state index in [-0.39, 0.29) is 9.00 Å². The van der Waals surface area contributed by atoms with Gasteiger partial charge >= 0.3 is 0 Å². The first kappa shape index (κ1) is 11.7. The zero-order valence-electron chi connectivity index (χ0n) is 7.95. The number of rotatable bonds is 1. The van der Waals surface area contributed by atoms with E-state index in [0.717, 1.165) is 25.3 Å². The molecular weight excluding hydrogens is 168 g/mol. The third-order valence-corrected chi connectivity index (χ3v) is 1.78. The fourth-order valence-electron chi connectivity index (χ4n) is 1.13. The van der Waals surface area contributed by atoms with Gasteiger partial charge in [-0.25, -0.2) is 4.99 Å². The fourth-order valence-corrected chi connectivity index (χ4v) is 1.13. The minimum absolute atomic E-state index is 0. The van der Waals surface area contributed by atoms with Crippen molar-refractivity contribution in [3.05, 3.63) is 11.5 Å². The molecule has 0 spiro atoms. The highest BCUT2D eigenvalue weighted by atomic mass is 15.2. The third kappa shape index (κ3) is 3.30. The second-order valence-electron chi connectivity index (χ2n) is 2.81. The average molecular weight is 190 g/mol. The normalized spacial score (nSPS) is 22.2. The largest absolute Gasteiger partial charge is 0.390 e. The molecule has 0 bridgehead atoms. The molecule has 1 saturated heterocycles. The maximum Gasteiger partial charge on any atom is 0.145 e. The van der Waals surface area contributed by atoms with Crippen LogP contribution in [0, 0.1) is 0 Å². The van der Waals surface area contributed by atoms with Gasteiger partial charge in [0.25, 0.3) is 0 Å². The van der Waals surface area contributed by atoms with Crippen molar-refractivity contribution in [1.29, 1.82) is 0 Å². The van der Waals surface area contributed by atoms with Crippen LogP contribution in [0.15, 0.2) is 16.5 Å². The quantitative estimate of drug-likeness (QED) is 0.322. The molecule has 1 aliphatic heterocycles. The van der Waals surface area contributed by atoms with Crippen LogP contribution in [-0.2, 0) is 0 Å². The molecular formula is C7H22N6. The Hall–Kier alpha value is -1.27. The molecule has 1 aliphatic rings. The van der Waals surface area contributed by atoms with Crippen LogP contribution in [0.3, 0.4) is 0 Å². The van der Waals surface area contributed by atoms with Gasteiger partial charge in [-0.1, -0.05) is 0 Å². The van der Waals surface area contributed by atoms with Gasteiger partial charge in [0.2, 0.25) is 0 Å². The molecule has 6 heteroatoms. The molecule has 8 N–H and O–H groups in total. The fraction of sp³-hybridized carbons (Fsp3) is 0.571. The van der Waals surface area contributed by atoms with Crippen molar-refractivity contribution in [2.24, 2.45) is 16.5 Å². The number of nitrogens with one attached hydrogen (secondary N) is 1. The molecule has 0 atom stereocenters. The summed E-state index contributed by atoms with van der Waals surface area (Å²) in [6, 6.07) is 0. The molecule has 1 fully saturated rings. The van der Waals surface area contributed by atoms with Crippen LogP contribution in [0.1, 0.15) is 2.85 Å². The van der Waals surface area contributed by atoms with Crippen LogP contribution in [0.25, 0.3) is 0 Å². The SMILES string of the molecule is CN1CCN/C(=C(N)\N=C/N)C1.N.[HH].[HH]. The number of nitrogens with zero attached hydrogens (tertiary/aromatic N) is 2. The Labute approximate surface area is 81.2 Å². The molecule has 1 rings (SSSR count). The zero-order chi connectivity index (χ0) is 8.97. The van der Waals surface area contributed by atoms with Crippen molar-refractivity contribution in [2.45, 2.75) is 0 Å². The Bertz CT molecular complexity index is 218. The van der Waals surface area contributed by atoms with Crippen molar-refractivity contribution < 1.29 is 2.85 Å². The van der Waals surface area contributed by atoms with Gasteiger partial charge < -0.3 is 22.9 Å². The first-order valence-corrected chi connectivity index (χ1v) is 3.89. The molecule has 0 aliphatic carbocycles. The van der Waals surface area contributed by atoms with Gasteiger partial charge in [-0.05, 0) is 7.05 Å². The maximum atomic E-state index is 5.63. The summed E-state index contributed by atoms with van der Waals surface area (Å²) in [5.41, 5.74) is 11.7. The Morgan fingerprint density at radius 3 is 3.00 bits per heavy atom. The first-order chi connectivity index (χ1) is 5.74. The van der Waals surface area contributed by atoms with Crippen LogP contribution in [0.5, 0.6) is 0 Å². The van der Waals surface area contributed by atoms with Crippen LogP contribution in [0.2, 0.25) is 0 Å². The monoisotopic (exact) mass is 190 g/mol. The van der Waals surface area contributed by atoms with E-state index in [1.807, 2.05) is 7.05 Å². The van der Waals surface area contributed by atoms with Crippen molar-refractivity contribution >= 4 is 6.34 Å². The molecule has 13 heavy (non-hydrogen) atoms. The van der Waals surface area contributed by atoms with Gasteiger partial charge in [0, 0.05) is 22.5 Å². The van der Waals surface area contributed by atoms with Gasteiger partial charge in [0.1, 0.15) is 5.82 Å². The standard InChI is InChI=1S/C7H15N5.H3N.2H2/c1-12-3-2-10-6(4-12)7(9)11-5-8;;;/h5,10H,2-4,9H2,1H3,(H2,8,11);1H3;2*1H/b7-6-;;;. The van der Waals surface area contributed by atoms with E-state index < -0.39 is 0 Å². The zero-order valence-corrected chi connectivity index (χ0v) is 7.95. The number of nitrogens with two attached hydrogens (primary N) is 2. The highest BCUT2D eigenvalue weighted by molar-refractivity contribution is 5.53. The second kappa shape index (κ2) is 5.39. The van der Waals surface area contributed by atoms with Crippen molar-refractivity contribution in [3.8, 4) is 0 Å². The molecule has 0 amide bonds. The predicted molar refractivity (Wildman–Crippen MR) is 58.6 cm³/mol. The van der Waals surface area contributed by atoms with E-state index >= 15 is 0 Å². The Morgan fingerprint density at radius 2 is 2.46 bits per heavy atom. The van der Waals surface area contributed by atoms with E-state index in [1.54, 1.807) is 0 Å². The average Bonchev–Trinajstić information content (AvgIpc) is 2.05. The summed E-state index contributed by atoms with van der Waals surface area (Å²) >= 11 is 0. The lowest BCUT2D eigenvalue weighted by Gasteiger charge is -2.26. The molecule has 1 heterocycles. The van der Waals surface area contributed by atoms with Crippen molar-refractivity contribution in [2.75, 3.05) is 26.7 Å². The van der Waals surface area contributed by atoms with Gasteiger partial charge in [-0.2, -0.15) is 0 Å². The lowest BCUT2D eigenvalue weighted by Crippen LogP contribution is -2.40. The van der Waals surface area contributed by atoms with Crippen LogP contribution >= 0.6 is 0 Å². The van der Waals surface area contributed by atoms with Gasteiger partial charge in [0.15, 0.2) is 0 Å². The molecule has 0 aromatic heterocycles. The molecule has 6 nitrogen and oxygen atoms in total. The Morgan fingerprint density at radius 1 is 1.77 bits per heavy atom. The molecule has 80 valence electrons. The van der Waals surface area contributed by atoms with E-state index in [4.69, 9.17) is 11.5 Å². The Balaban J connectivity index is -0.000000480. The maximum absolute atomic E-state index is 5.63. The predicted octanol–water partition coefficient (Wildman–Crippen LogP) is -0.710. The van der Waals surface area contributed by atoms with E-state index in [0.29, 0.717) is 5.82 Å². The van der Waals surface area contributed by atoms with Crippen LogP contribution in [-0.4, -0.2) is 37.9 Å². The lowest BCUT2D eigenvalue weighted by atomic mass is 10.3.